The van der Waals surface area contributed by atoms with Crippen molar-refractivity contribution in [3.63, 3.8) is 0 Å². The number of rotatable bonds is 11. The zero-order chi connectivity index (χ0) is 23.8. The number of hydrogen-bond acceptors (Lipinski definition) is 6. The molecule has 3 rings (SSSR count). The van der Waals surface area contributed by atoms with Gasteiger partial charge in [0.2, 0.25) is 0 Å². The van der Waals surface area contributed by atoms with Crippen LogP contribution in [0, 0.1) is 10.1 Å². The molecule has 0 aliphatic heterocycles. The first-order valence-electron chi connectivity index (χ1n) is 10.00. The molecule has 34 heavy (non-hydrogen) atoms. The summed E-state index contributed by atoms with van der Waals surface area (Å²) in [6.07, 6.45) is 0. The summed E-state index contributed by atoms with van der Waals surface area (Å²) in [5.41, 5.74) is 2.33. The van der Waals surface area contributed by atoms with E-state index in [1.807, 2.05) is 24.3 Å². The molecule has 0 atom stereocenters. The van der Waals surface area contributed by atoms with Crippen molar-refractivity contribution in [3.05, 3.63) is 90.9 Å². The van der Waals surface area contributed by atoms with Gasteiger partial charge in [0.15, 0.2) is 11.5 Å². The summed E-state index contributed by atoms with van der Waals surface area (Å²) in [6.45, 7) is 1.99. The summed E-state index contributed by atoms with van der Waals surface area (Å²) < 4.78 is 11.5. The van der Waals surface area contributed by atoms with E-state index in [-0.39, 0.29) is 24.7 Å². The summed E-state index contributed by atoms with van der Waals surface area (Å²) >= 11 is 18.3. The summed E-state index contributed by atoms with van der Waals surface area (Å²) in [4.78, 5) is 10.3. The lowest BCUT2D eigenvalue weighted by Gasteiger charge is -2.16. The maximum absolute atomic E-state index is 10.8. The Hall–Kier alpha value is -2.42. The van der Waals surface area contributed by atoms with E-state index in [1.165, 1.54) is 12.1 Å². The Morgan fingerprint density at radius 2 is 1.76 bits per heavy atom. The summed E-state index contributed by atoms with van der Waals surface area (Å²) in [5.74, 6) is 1.25. The molecule has 0 saturated carbocycles. The fourth-order valence-corrected chi connectivity index (χ4v) is 3.79. The summed E-state index contributed by atoms with van der Waals surface area (Å²) in [7, 11) is 1.59. The third-order valence-electron chi connectivity index (χ3n) is 4.76. The molecule has 0 unspecified atom stereocenters. The van der Waals surface area contributed by atoms with Gasteiger partial charge in [0.05, 0.1) is 22.7 Å². The minimum absolute atomic E-state index is 0. The Kier molecular flexibility index (Phi) is 11.0. The zero-order valence-electron chi connectivity index (χ0n) is 18.1. The lowest BCUT2D eigenvalue weighted by atomic mass is 10.1. The van der Waals surface area contributed by atoms with Gasteiger partial charge in [-0.1, -0.05) is 53.0 Å². The standard InChI is InChI=1S/C23H22Cl3N3O4.ClH/c1-32-22-4-2-3-15(23(22)33-14-16-5-6-17(24)11-19(16)25)13-27-9-10-28-21-8-7-18(29(30)31)12-20(21)26;/h2-8,11-12,27-28H,9-10,13-14H2,1H3;1H. The van der Waals surface area contributed by atoms with Crippen molar-refractivity contribution in [2.75, 3.05) is 25.5 Å². The second kappa shape index (κ2) is 13.5. The Morgan fingerprint density at radius 1 is 0.971 bits per heavy atom. The summed E-state index contributed by atoms with van der Waals surface area (Å²) in [6, 6.07) is 15.3. The molecule has 0 fully saturated rings. The molecule has 0 spiro atoms. The third kappa shape index (κ3) is 7.55. The second-order valence-corrected chi connectivity index (χ2v) is 8.25. The molecule has 182 valence electrons. The van der Waals surface area contributed by atoms with E-state index >= 15 is 0 Å². The molecule has 0 amide bonds. The Labute approximate surface area is 218 Å². The molecule has 3 aromatic carbocycles. The van der Waals surface area contributed by atoms with E-state index in [4.69, 9.17) is 44.3 Å². The van der Waals surface area contributed by atoms with Crippen molar-refractivity contribution >= 4 is 58.6 Å². The molecule has 0 aromatic heterocycles. The molecular weight excluding hydrogens is 524 g/mol. The molecule has 0 aliphatic carbocycles. The van der Waals surface area contributed by atoms with Crippen molar-refractivity contribution in [3.8, 4) is 11.5 Å². The minimum atomic E-state index is -0.480. The quantitative estimate of drug-likeness (QED) is 0.157. The zero-order valence-corrected chi connectivity index (χ0v) is 21.2. The van der Waals surface area contributed by atoms with Gasteiger partial charge >= 0.3 is 0 Å². The van der Waals surface area contributed by atoms with E-state index in [0.29, 0.717) is 51.9 Å². The fourth-order valence-electron chi connectivity index (χ4n) is 3.08. The predicted octanol–water partition coefficient (Wildman–Crippen LogP) is 6.77. The lowest BCUT2D eigenvalue weighted by Crippen LogP contribution is -2.22. The first-order chi connectivity index (χ1) is 15.9. The van der Waals surface area contributed by atoms with Gasteiger partial charge in [-0.3, -0.25) is 10.1 Å². The number of non-ortho nitro benzene ring substituents is 1. The molecule has 0 saturated heterocycles. The van der Waals surface area contributed by atoms with Crippen LogP contribution >= 0.6 is 47.2 Å². The second-order valence-electron chi connectivity index (χ2n) is 7.00. The van der Waals surface area contributed by atoms with Crippen LogP contribution in [0.2, 0.25) is 15.1 Å². The van der Waals surface area contributed by atoms with Crippen LogP contribution in [0.25, 0.3) is 0 Å². The van der Waals surface area contributed by atoms with Crippen LogP contribution in [0.5, 0.6) is 11.5 Å². The normalized spacial score (nSPS) is 10.4. The molecule has 11 heteroatoms. The van der Waals surface area contributed by atoms with Crippen LogP contribution < -0.4 is 20.1 Å². The highest BCUT2D eigenvalue weighted by atomic mass is 35.5. The molecule has 0 radical (unpaired) electrons. The molecule has 0 bridgehead atoms. The maximum Gasteiger partial charge on any atom is 0.271 e. The molecule has 0 heterocycles. The molecule has 2 N–H and O–H groups in total. The van der Waals surface area contributed by atoms with Gasteiger partial charge in [0.1, 0.15) is 6.61 Å². The monoisotopic (exact) mass is 545 g/mol. The van der Waals surface area contributed by atoms with Crippen molar-refractivity contribution < 1.29 is 14.4 Å². The highest BCUT2D eigenvalue weighted by molar-refractivity contribution is 6.35. The lowest BCUT2D eigenvalue weighted by molar-refractivity contribution is -0.384. The average Bonchev–Trinajstić information content (AvgIpc) is 2.79. The number of anilines is 1. The predicted molar refractivity (Wildman–Crippen MR) is 139 cm³/mol. The SMILES string of the molecule is COc1cccc(CNCCNc2ccc([N+](=O)[O-])cc2Cl)c1OCc1ccc(Cl)cc1Cl.Cl. The number of hydrogen-bond donors (Lipinski definition) is 2. The van der Waals surface area contributed by atoms with Crippen molar-refractivity contribution in [2.24, 2.45) is 0 Å². The van der Waals surface area contributed by atoms with Gasteiger partial charge in [0.25, 0.3) is 5.69 Å². The third-order valence-corrected chi connectivity index (χ3v) is 5.66. The van der Waals surface area contributed by atoms with Crippen molar-refractivity contribution in [1.29, 1.82) is 0 Å². The average molecular weight is 547 g/mol. The number of nitrogens with one attached hydrogen (secondary N) is 2. The first-order valence-corrected chi connectivity index (χ1v) is 11.1. The van der Waals surface area contributed by atoms with Crippen LogP contribution in [-0.4, -0.2) is 25.1 Å². The number of methoxy groups -OCH3 is 1. The highest BCUT2D eigenvalue weighted by Gasteiger charge is 2.12. The minimum Gasteiger partial charge on any atom is -0.493 e. The first kappa shape index (κ1) is 27.8. The van der Waals surface area contributed by atoms with Gasteiger partial charge in [0, 0.05) is 52.9 Å². The van der Waals surface area contributed by atoms with Gasteiger partial charge in [-0.25, -0.2) is 0 Å². The molecule has 0 aliphatic rings. The van der Waals surface area contributed by atoms with Crippen LogP contribution in [0.15, 0.2) is 54.6 Å². The smallest absolute Gasteiger partial charge is 0.271 e. The van der Waals surface area contributed by atoms with Crippen LogP contribution in [0.1, 0.15) is 11.1 Å². The van der Waals surface area contributed by atoms with Gasteiger partial charge in [-0.2, -0.15) is 0 Å². The van der Waals surface area contributed by atoms with Crippen LogP contribution in [-0.2, 0) is 13.2 Å². The number of benzene rings is 3. The highest BCUT2D eigenvalue weighted by Crippen LogP contribution is 2.33. The van der Waals surface area contributed by atoms with E-state index in [2.05, 4.69) is 10.6 Å². The number of ether oxygens (including phenoxy) is 2. The van der Waals surface area contributed by atoms with Gasteiger partial charge in [-0.05, 0) is 24.3 Å². The topological polar surface area (TPSA) is 85.7 Å². The van der Waals surface area contributed by atoms with Crippen LogP contribution in [0.3, 0.4) is 0 Å². The number of nitro groups is 1. The fraction of sp³-hybridized carbons (Fsp3) is 0.217. The van der Waals surface area contributed by atoms with Crippen molar-refractivity contribution in [2.45, 2.75) is 13.2 Å². The van der Waals surface area contributed by atoms with E-state index in [9.17, 15) is 10.1 Å². The number of halogens is 4. The Morgan fingerprint density at radius 3 is 2.44 bits per heavy atom. The van der Waals surface area contributed by atoms with Gasteiger partial charge in [-0.15, -0.1) is 12.4 Å². The number of nitro benzene ring substituents is 1. The Bertz CT molecular complexity index is 1130. The Balaban J connectivity index is 0.00000408. The van der Waals surface area contributed by atoms with Crippen molar-refractivity contribution in [1.82, 2.24) is 5.32 Å². The van der Waals surface area contributed by atoms with E-state index in [0.717, 1.165) is 11.1 Å². The molecular formula is C23H23Cl4N3O4. The molecule has 3 aromatic rings. The summed E-state index contributed by atoms with van der Waals surface area (Å²) in [5, 5.41) is 18.7. The van der Waals surface area contributed by atoms with E-state index in [1.54, 1.807) is 25.3 Å². The van der Waals surface area contributed by atoms with Crippen LogP contribution in [0.4, 0.5) is 11.4 Å². The van der Waals surface area contributed by atoms with E-state index < -0.39 is 4.92 Å². The maximum atomic E-state index is 10.8. The van der Waals surface area contributed by atoms with Gasteiger partial charge < -0.3 is 20.1 Å². The number of nitrogens with zero attached hydrogens (tertiary/aromatic N) is 1. The largest absolute Gasteiger partial charge is 0.493 e. The number of para-hydroxylation sites is 1. The molecule has 7 nitrogen and oxygen atoms in total.